The lowest BCUT2D eigenvalue weighted by Crippen LogP contribution is -2.05. The number of hydrazone groups is 1. The van der Waals surface area contributed by atoms with Crippen LogP contribution in [0.5, 0.6) is 5.75 Å². The lowest BCUT2D eigenvalue weighted by Gasteiger charge is -2.09. The van der Waals surface area contributed by atoms with Crippen molar-refractivity contribution >= 4 is 47.0 Å². The topological polar surface area (TPSA) is 84.3 Å². The Kier molecular flexibility index (Phi) is 7.46. The van der Waals surface area contributed by atoms with E-state index in [4.69, 9.17) is 27.9 Å². The molecule has 0 aliphatic heterocycles. The molecule has 0 saturated heterocycles. The van der Waals surface area contributed by atoms with Crippen molar-refractivity contribution in [1.82, 2.24) is 15.0 Å². The molecule has 0 amide bonds. The van der Waals surface area contributed by atoms with E-state index in [-0.39, 0.29) is 22.5 Å². The molecule has 0 bridgehead atoms. The first-order valence-electron chi connectivity index (χ1n) is 9.83. The van der Waals surface area contributed by atoms with Crippen molar-refractivity contribution in [3.05, 3.63) is 88.2 Å². The molecule has 0 saturated carbocycles. The molecule has 0 fully saturated rings. The highest BCUT2D eigenvalue weighted by atomic mass is 35.5. The molecule has 0 unspecified atom stereocenters. The van der Waals surface area contributed by atoms with E-state index >= 15 is 0 Å². The van der Waals surface area contributed by atoms with Crippen molar-refractivity contribution in [3.8, 4) is 17.1 Å². The van der Waals surface area contributed by atoms with Crippen LogP contribution < -0.4 is 15.5 Å². The number of alkyl halides is 1. The average Bonchev–Trinajstić information content (AvgIpc) is 2.83. The van der Waals surface area contributed by atoms with E-state index in [2.05, 4.69) is 30.8 Å². The van der Waals surface area contributed by atoms with Gasteiger partial charge < -0.3 is 10.1 Å². The molecule has 172 valence electrons. The number of hydrogen-bond acceptors (Lipinski definition) is 7. The van der Waals surface area contributed by atoms with Crippen LogP contribution in [0.25, 0.3) is 11.4 Å². The summed E-state index contributed by atoms with van der Waals surface area (Å²) < 4.78 is 31.2. The number of anilines is 3. The molecule has 4 aromatic rings. The Labute approximate surface area is 203 Å². The van der Waals surface area contributed by atoms with E-state index in [0.717, 1.165) is 0 Å². The molecule has 34 heavy (non-hydrogen) atoms. The lowest BCUT2D eigenvalue weighted by atomic mass is 10.2. The van der Waals surface area contributed by atoms with Crippen LogP contribution in [0.15, 0.2) is 71.8 Å². The summed E-state index contributed by atoms with van der Waals surface area (Å²) in [5, 5.41) is 7.87. The normalized spacial score (nSPS) is 10.9. The van der Waals surface area contributed by atoms with Crippen molar-refractivity contribution in [2.75, 3.05) is 17.6 Å². The quantitative estimate of drug-likeness (QED) is 0.212. The molecule has 0 spiro atoms. The van der Waals surface area contributed by atoms with Gasteiger partial charge in [0.15, 0.2) is 5.82 Å². The highest BCUT2D eigenvalue weighted by molar-refractivity contribution is 6.33. The Bertz CT molecular complexity index is 1280. The van der Waals surface area contributed by atoms with Crippen molar-refractivity contribution in [1.29, 1.82) is 0 Å². The number of benzene rings is 3. The third-order valence-corrected chi connectivity index (χ3v) is 5.01. The van der Waals surface area contributed by atoms with Crippen LogP contribution in [-0.4, -0.2) is 28.0 Å². The smallest absolute Gasteiger partial charge is 0.248 e. The predicted molar refractivity (Wildman–Crippen MR) is 129 cm³/mol. The van der Waals surface area contributed by atoms with Gasteiger partial charge in [0.25, 0.3) is 0 Å². The van der Waals surface area contributed by atoms with Crippen molar-refractivity contribution < 1.29 is 13.5 Å². The predicted octanol–water partition coefficient (Wildman–Crippen LogP) is 6.48. The molecule has 1 aromatic heterocycles. The second-order valence-corrected chi connectivity index (χ2v) is 7.56. The van der Waals surface area contributed by atoms with Crippen LogP contribution in [0, 0.1) is 5.82 Å². The molecular weight excluding hydrogens is 485 g/mol. The fourth-order valence-corrected chi connectivity index (χ4v) is 3.16. The number of aromatic nitrogens is 3. The molecule has 3 aromatic carbocycles. The lowest BCUT2D eigenvalue weighted by molar-refractivity contribution is 0.192. The van der Waals surface area contributed by atoms with Gasteiger partial charge in [-0.05, 0) is 60.7 Å². The van der Waals surface area contributed by atoms with E-state index in [1.165, 1.54) is 18.3 Å². The van der Waals surface area contributed by atoms with E-state index in [1.54, 1.807) is 54.6 Å². The maximum Gasteiger partial charge on any atom is 0.248 e. The van der Waals surface area contributed by atoms with Crippen LogP contribution >= 0.6 is 23.2 Å². The van der Waals surface area contributed by atoms with Gasteiger partial charge in [0, 0.05) is 21.8 Å². The second-order valence-electron chi connectivity index (χ2n) is 6.72. The molecule has 7 nitrogen and oxygen atoms in total. The van der Waals surface area contributed by atoms with Gasteiger partial charge in [0.2, 0.25) is 18.8 Å². The van der Waals surface area contributed by atoms with Crippen molar-refractivity contribution in [2.24, 2.45) is 5.10 Å². The van der Waals surface area contributed by atoms with Gasteiger partial charge in [-0.15, -0.1) is 0 Å². The third-order valence-electron chi connectivity index (χ3n) is 4.43. The van der Waals surface area contributed by atoms with Crippen molar-refractivity contribution in [2.45, 2.75) is 0 Å². The SMILES string of the molecule is FCOc1ccc(-c2nc(NN=Cc3c(F)cccc3Cl)nc(Nc3ccc(Cl)cc3)n2)cc1. The first kappa shape index (κ1) is 23.3. The van der Waals surface area contributed by atoms with Gasteiger partial charge in [-0.25, -0.2) is 14.2 Å². The van der Waals surface area contributed by atoms with E-state index in [9.17, 15) is 8.78 Å². The minimum absolute atomic E-state index is 0.0919. The highest BCUT2D eigenvalue weighted by Crippen LogP contribution is 2.24. The summed E-state index contributed by atoms with van der Waals surface area (Å²) in [5.74, 6) is 0.465. The number of rotatable bonds is 8. The van der Waals surface area contributed by atoms with Gasteiger partial charge in [-0.2, -0.15) is 20.1 Å². The average molecular weight is 501 g/mol. The Hall–Kier alpha value is -3.82. The third kappa shape index (κ3) is 5.94. The largest absolute Gasteiger partial charge is 0.463 e. The minimum Gasteiger partial charge on any atom is -0.463 e. The monoisotopic (exact) mass is 500 g/mol. The molecule has 1 heterocycles. The Morgan fingerprint density at radius 1 is 0.912 bits per heavy atom. The van der Waals surface area contributed by atoms with Crippen LogP contribution in [-0.2, 0) is 0 Å². The zero-order chi connectivity index (χ0) is 23.9. The van der Waals surface area contributed by atoms with Gasteiger partial charge in [-0.1, -0.05) is 29.3 Å². The summed E-state index contributed by atoms with van der Waals surface area (Å²) in [6.45, 7) is -0.932. The number of halogens is 4. The van der Waals surface area contributed by atoms with E-state index in [0.29, 0.717) is 27.8 Å². The molecule has 11 heteroatoms. The summed E-state index contributed by atoms with van der Waals surface area (Å²) in [7, 11) is 0. The summed E-state index contributed by atoms with van der Waals surface area (Å²) in [4.78, 5) is 13.1. The summed E-state index contributed by atoms with van der Waals surface area (Å²) in [5.41, 5.74) is 4.11. The first-order chi connectivity index (χ1) is 16.5. The minimum atomic E-state index is -0.932. The molecule has 0 radical (unpaired) electrons. The standard InChI is InChI=1S/C23H16Cl2F2N6O/c24-15-6-8-16(9-7-15)29-22-30-21(14-4-10-17(11-5-14)34-13-26)31-23(32-22)33-28-12-18-19(25)2-1-3-20(18)27/h1-12H,13H2,(H2,29,30,31,32,33). The maximum absolute atomic E-state index is 14.0. The zero-order valence-electron chi connectivity index (χ0n) is 17.3. The number of ether oxygens (including phenoxy) is 1. The molecule has 2 N–H and O–H groups in total. The molecule has 4 rings (SSSR count). The molecule has 0 aliphatic rings. The molecular formula is C23H16Cl2F2N6O. The van der Waals surface area contributed by atoms with E-state index in [1.807, 2.05) is 0 Å². The van der Waals surface area contributed by atoms with Gasteiger partial charge in [0.1, 0.15) is 11.6 Å². The van der Waals surface area contributed by atoms with Gasteiger partial charge in [0.05, 0.1) is 11.2 Å². The van der Waals surface area contributed by atoms with E-state index < -0.39 is 12.7 Å². The fourth-order valence-electron chi connectivity index (χ4n) is 2.83. The fraction of sp³-hybridized carbons (Fsp3) is 0.0435. The zero-order valence-corrected chi connectivity index (χ0v) is 18.9. The van der Waals surface area contributed by atoms with Crippen LogP contribution in [0.1, 0.15) is 5.56 Å². The van der Waals surface area contributed by atoms with Crippen LogP contribution in [0.3, 0.4) is 0 Å². The molecule has 0 aliphatic carbocycles. The van der Waals surface area contributed by atoms with Gasteiger partial charge >= 0.3 is 0 Å². The summed E-state index contributed by atoms with van der Waals surface area (Å²) in [6.07, 6.45) is 1.23. The van der Waals surface area contributed by atoms with Gasteiger partial charge in [-0.3, -0.25) is 0 Å². The van der Waals surface area contributed by atoms with Crippen LogP contribution in [0.2, 0.25) is 10.0 Å². The van der Waals surface area contributed by atoms with Crippen molar-refractivity contribution in [3.63, 3.8) is 0 Å². The van der Waals surface area contributed by atoms with Crippen LogP contribution in [0.4, 0.5) is 26.4 Å². The number of nitrogens with one attached hydrogen (secondary N) is 2. The molecule has 0 atom stereocenters. The Balaban J connectivity index is 1.64. The number of hydrogen-bond donors (Lipinski definition) is 2. The summed E-state index contributed by atoms with van der Waals surface area (Å²) in [6, 6.07) is 17.8. The Morgan fingerprint density at radius 2 is 1.65 bits per heavy atom. The highest BCUT2D eigenvalue weighted by Gasteiger charge is 2.10. The number of nitrogens with zero attached hydrogens (tertiary/aromatic N) is 4. The Morgan fingerprint density at radius 3 is 2.35 bits per heavy atom. The second kappa shape index (κ2) is 10.9. The maximum atomic E-state index is 14.0. The summed E-state index contributed by atoms with van der Waals surface area (Å²) >= 11 is 12.0. The first-order valence-corrected chi connectivity index (χ1v) is 10.6.